The van der Waals surface area contributed by atoms with Gasteiger partial charge in [-0.3, -0.25) is 0 Å². The van der Waals surface area contributed by atoms with Gasteiger partial charge in [0.15, 0.2) is 5.58 Å². The fourth-order valence-electron chi connectivity index (χ4n) is 6.80. The summed E-state index contributed by atoms with van der Waals surface area (Å²) in [5.41, 5.74) is 7.39. The average Bonchev–Trinajstić information content (AvgIpc) is 3.48. The molecule has 2 heteroatoms. The Bertz CT molecular complexity index is 2500. The standard InChI is InChI=1S/C42H27NO/c1-3-14-32-28(11-1)13-9-19-33(32)29-23-25-31(26-24-29)43(39-21-10-20-38-37-18-7-8-22-41(37)44-42(38)39)40-27-30-12-2-4-15-34(30)35-16-5-6-17-36(35)40/h1-27H. The zero-order chi connectivity index (χ0) is 29.0. The highest BCUT2D eigenvalue weighted by Gasteiger charge is 2.22. The minimum absolute atomic E-state index is 0.879. The monoisotopic (exact) mass is 561 g/mol. The summed E-state index contributed by atoms with van der Waals surface area (Å²) >= 11 is 0. The minimum Gasteiger partial charge on any atom is -0.454 e. The Balaban J connectivity index is 1.32. The van der Waals surface area contributed by atoms with E-state index in [1.54, 1.807) is 0 Å². The molecule has 0 saturated heterocycles. The van der Waals surface area contributed by atoms with E-state index < -0.39 is 0 Å². The van der Waals surface area contributed by atoms with E-state index in [-0.39, 0.29) is 0 Å². The van der Waals surface area contributed by atoms with Crippen molar-refractivity contribution in [2.45, 2.75) is 0 Å². The number of hydrogen-bond acceptors (Lipinski definition) is 2. The molecule has 0 N–H and O–H groups in total. The van der Waals surface area contributed by atoms with Crippen molar-refractivity contribution in [1.82, 2.24) is 0 Å². The summed E-state index contributed by atoms with van der Waals surface area (Å²) in [6.45, 7) is 0. The van der Waals surface area contributed by atoms with Crippen molar-refractivity contribution in [2.75, 3.05) is 4.90 Å². The van der Waals surface area contributed by atoms with E-state index >= 15 is 0 Å². The molecule has 0 aliphatic heterocycles. The van der Waals surface area contributed by atoms with Gasteiger partial charge >= 0.3 is 0 Å². The van der Waals surface area contributed by atoms with Gasteiger partial charge in [-0.15, -0.1) is 0 Å². The van der Waals surface area contributed by atoms with Crippen LogP contribution in [0.4, 0.5) is 17.1 Å². The molecule has 2 nitrogen and oxygen atoms in total. The molecule has 0 bridgehead atoms. The first kappa shape index (κ1) is 24.7. The molecule has 44 heavy (non-hydrogen) atoms. The maximum atomic E-state index is 6.61. The van der Waals surface area contributed by atoms with E-state index in [1.165, 1.54) is 43.4 Å². The predicted octanol–water partition coefficient (Wildman–Crippen LogP) is 12.2. The first-order chi connectivity index (χ1) is 21.8. The van der Waals surface area contributed by atoms with Crippen LogP contribution in [0.2, 0.25) is 0 Å². The van der Waals surface area contributed by atoms with E-state index in [1.807, 2.05) is 12.1 Å². The van der Waals surface area contributed by atoms with Gasteiger partial charge in [0, 0.05) is 21.8 Å². The highest BCUT2D eigenvalue weighted by Crippen LogP contribution is 2.46. The lowest BCUT2D eigenvalue weighted by Crippen LogP contribution is -2.11. The van der Waals surface area contributed by atoms with Gasteiger partial charge < -0.3 is 9.32 Å². The Morgan fingerprint density at radius 3 is 1.84 bits per heavy atom. The van der Waals surface area contributed by atoms with Crippen molar-refractivity contribution in [3.05, 3.63) is 164 Å². The Labute approximate surface area is 255 Å². The Morgan fingerprint density at radius 1 is 0.386 bits per heavy atom. The van der Waals surface area contributed by atoms with Crippen LogP contribution < -0.4 is 4.90 Å². The lowest BCUT2D eigenvalue weighted by Gasteiger charge is -2.28. The summed E-state index contributed by atoms with van der Waals surface area (Å²) in [5.74, 6) is 0. The lowest BCUT2D eigenvalue weighted by molar-refractivity contribution is 0.669. The molecule has 0 amide bonds. The van der Waals surface area contributed by atoms with E-state index in [4.69, 9.17) is 4.42 Å². The van der Waals surface area contributed by atoms with Crippen molar-refractivity contribution < 1.29 is 4.42 Å². The fraction of sp³-hybridized carbons (Fsp3) is 0. The number of fused-ring (bicyclic) bond motifs is 7. The first-order valence-corrected chi connectivity index (χ1v) is 15.0. The number of benzene rings is 8. The zero-order valence-corrected chi connectivity index (χ0v) is 23.9. The summed E-state index contributed by atoms with van der Waals surface area (Å²) in [4.78, 5) is 2.37. The number of para-hydroxylation sites is 2. The topological polar surface area (TPSA) is 16.4 Å². The van der Waals surface area contributed by atoms with Crippen LogP contribution in [-0.2, 0) is 0 Å². The van der Waals surface area contributed by atoms with Gasteiger partial charge in [0.1, 0.15) is 5.58 Å². The van der Waals surface area contributed by atoms with Crippen LogP contribution in [0, 0.1) is 0 Å². The molecular formula is C42H27NO. The minimum atomic E-state index is 0.879. The summed E-state index contributed by atoms with van der Waals surface area (Å²) in [6.07, 6.45) is 0. The van der Waals surface area contributed by atoms with Gasteiger partial charge in [-0.05, 0) is 68.4 Å². The second-order valence-corrected chi connectivity index (χ2v) is 11.3. The van der Waals surface area contributed by atoms with Crippen molar-refractivity contribution in [2.24, 2.45) is 0 Å². The number of furan rings is 1. The van der Waals surface area contributed by atoms with Crippen LogP contribution in [0.25, 0.3) is 65.4 Å². The molecule has 0 fully saturated rings. The smallest absolute Gasteiger partial charge is 0.159 e. The Kier molecular flexibility index (Phi) is 5.54. The molecular weight excluding hydrogens is 534 g/mol. The molecule has 1 aromatic heterocycles. The zero-order valence-electron chi connectivity index (χ0n) is 23.9. The van der Waals surface area contributed by atoms with E-state index in [2.05, 4.69) is 157 Å². The van der Waals surface area contributed by atoms with Crippen LogP contribution in [0.15, 0.2) is 168 Å². The Morgan fingerprint density at radius 2 is 1.00 bits per heavy atom. The fourth-order valence-corrected chi connectivity index (χ4v) is 6.80. The first-order valence-electron chi connectivity index (χ1n) is 15.0. The van der Waals surface area contributed by atoms with Gasteiger partial charge in [-0.2, -0.15) is 0 Å². The van der Waals surface area contributed by atoms with Crippen molar-refractivity contribution in [1.29, 1.82) is 0 Å². The van der Waals surface area contributed by atoms with E-state index in [9.17, 15) is 0 Å². The summed E-state index contributed by atoms with van der Waals surface area (Å²) in [6, 6.07) is 58.5. The molecule has 1 heterocycles. The van der Waals surface area contributed by atoms with Crippen LogP contribution in [0.3, 0.4) is 0 Å². The maximum absolute atomic E-state index is 6.61. The third-order valence-electron chi connectivity index (χ3n) is 8.84. The van der Waals surface area contributed by atoms with Gasteiger partial charge in [-0.25, -0.2) is 0 Å². The summed E-state index contributed by atoms with van der Waals surface area (Å²) < 4.78 is 6.61. The van der Waals surface area contributed by atoms with Crippen LogP contribution in [0.5, 0.6) is 0 Å². The number of hydrogen-bond donors (Lipinski definition) is 0. The van der Waals surface area contributed by atoms with E-state index in [0.717, 1.165) is 39.0 Å². The van der Waals surface area contributed by atoms with Crippen molar-refractivity contribution in [3.63, 3.8) is 0 Å². The third kappa shape index (κ3) is 3.82. The highest BCUT2D eigenvalue weighted by molar-refractivity contribution is 6.16. The van der Waals surface area contributed by atoms with Crippen LogP contribution in [-0.4, -0.2) is 0 Å². The van der Waals surface area contributed by atoms with Crippen molar-refractivity contribution >= 4 is 71.3 Å². The molecule has 0 unspecified atom stereocenters. The largest absolute Gasteiger partial charge is 0.454 e. The lowest BCUT2D eigenvalue weighted by atomic mass is 9.97. The SMILES string of the molecule is c1ccc2c(-c3ccc(N(c4cc5ccccc5c5ccccc45)c4cccc5c4oc4ccccc45)cc3)cccc2c1. The maximum Gasteiger partial charge on any atom is 0.159 e. The average molecular weight is 562 g/mol. The highest BCUT2D eigenvalue weighted by atomic mass is 16.3. The summed E-state index contributed by atoms with van der Waals surface area (Å²) in [7, 11) is 0. The number of anilines is 3. The predicted molar refractivity (Wildman–Crippen MR) is 186 cm³/mol. The molecule has 0 aliphatic rings. The van der Waals surface area contributed by atoms with Gasteiger partial charge in [-0.1, -0.05) is 133 Å². The second-order valence-electron chi connectivity index (χ2n) is 11.3. The molecule has 0 radical (unpaired) electrons. The molecule has 9 rings (SSSR count). The van der Waals surface area contributed by atoms with Gasteiger partial charge in [0.05, 0.1) is 11.4 Å². The molecule has 0 saturated carbocycles. The quantitative estimate of drug-likeness (QED) is 0.199. The van der Waals surface area contributed by atoms with Crippen molar-refractivity contribution in [3.8, 4) is 11.1 Å². The third-order valence-corrected chi connectivity index (χ3v) is 8.84. The molecule has 0 aliphatic carbocycles. The molecule has 0 atom stereocenters. The molecule has 9 aromatic rings. The molecule has 8 aromatic carbocycles. The molecule has 206 valence electrons. The van der Waals surface area contributed by atoms with Crippen LogP contribution in [0.1, 0.15) is 0 Å². The molecule has 0 spiro atoms. The Hall–Kier alpha value is -5.86. The van der Waals surface area contributed by atoms with E-state index in [0.29, 0.717) is 0 Å². The number of nitrogens with zero attached hydrogens (tertiary/aromatic N) is 1. The van der Waals surface area contributed by atoms with Gasteiger partial charge in [0.25, 0.3) is 0 Å². The number of rotatable bonds is 4. The van der Waals surface area contributed by atoms with Crippen LogP contribution >= 0.6 is 0 Å². The normalized spacial score (nSPS) is 11.6. The van der Waals surface area contributed by atoms with Gasteiger partial charge in [0.2, 0.25) is 0 Å². The second kappa shape index (κ2) is 9.86. The summed E-state index contributed by atoms with van der Waals surface area (Å²) in [5, 5.41) is 9.62.